The molecule has 0 unspecified atom stereocenters. The zero-order valence-electron chi connectivity index (χ0n) is 10.7. The first-order valence-electron chi connectivity index (χ1n) is 6.93. The third-order valence-corrected chi connectivity index (χ3v) is 4.38. The Balaban J connectivity index is 1.57. The van der Waals surface area contributed by atoms with Crippen molar-refractivity contribution in [3.8, 4) is 0 Å². The van der Waals surface area contributed by atoms with E-state index >= 15 is 0 Å². The fourth-order valence-electron chi connectivity index (χ4n) is 3.12. The molecule has 2 saturated heterocycles. The molecule has 3 heterocycles. The predicted octanol–water partition coefficient (Wildman–Crippen LogP) is 2.80. The van der Waals surface area contributed by atoms with Gasteiger partial charge in [-0.15, -0.1) is 0 Å². The van der Waals surface area contributed by atoms with Crippen LogP contribution in [0.2, 0.25) is 5.02 Å². The summed E-state index contributed by atoms with van der Waals surface area (Å²) in [5.41, 5.74) is 0. The molecular weight excluding hydrogens is 246 g/mol. The second kappa shape index (κ2) is 5.45. The Morgan fingerprint density at radius 3 is 2.39 bits per heavy atom. The zero-order chi connectivity index (χ0) is 12.4. The number of pyridine rings is 1. The average Bonchev–Trinajstić information content (AvgIpc) is 2.94. The number of anilines is 1. The normalized spacial score (nSPS) is 22.6. The molecular formula is C14H20ClN3. The van der Waals surface area contributed by atoms with Gasteiger partial charge in [-0.05, 0) is 50.9 Å². The van der Waals surface area contributed by atoms with Crippen LogP contribution in [0.15, 0.2) is 18.3 Å². The van der Waals surface area contributed by atoms with Gasteiger partial charge in [0.05, 0.1) is 5.02 Å². The first kappa shape index (κ1) is 12.2. The minimum atomic E-state index is 0.714. The van der Waals surface area contributed by atoms with Gasteiger partial charge in [-0.3, -0.25) is 0 Å². The first-order valence-corrected chi connectivity index (χ1v) is 7.31. The predicted molar refractivity (Wildman–Crippen MR) is 75.3 cm³/mol. The largest absolute Gasteiger partial charge is 0.357 e. The highest BCUT2D eigenvalue weighted by Gasteiger charge is 2.26. The van der Waals surface area contributed by atoms with Crippen molar-refractivity contribution in [2.24, 2.45) is 0 Å². The molecule has 2 fully saturated rings. The van der Waals surface area contributed by atoms with Crippen molar-refractivity contribution in [1.29, 1.82) is 0 Å². The molecule has 4 heteroatoms. The van der Waals surface area contributed by atoms with Crippen LogP contribution in [0.4, 0.5) is 5.82 Å². The lowest BCUT2D eigenvalue weighted by molar-refractivity contribution is 0.207. The van der Waals surface area contributed by atoms with Gasteiger partial charge in [-0.2, -0.15) is 0 Å². The molecule has 3 nitrogen and oxygen atoms in total. The molecule has 1 aromatic rings. The lowest BCUT2D eigenvalue weighted by atomic mass is 10.0. The maximum absolute atomic E-state index is 5.87. The topological polar surface area (TPSA) is 19.4 Å². The maximum atomic E-state index is 5.87. The van der Waals surface area contributed by atoms with Crippen molar-refractivity contribution in [2.45, 2.75) is 31.7 Å². The Labute approximate surface area is 114 Å². The summed E-state index contributed by atoms with van der Waals surface area (Å²) in [6.45, 7) is 4.86. The Morgan fingerprint density at radius 2 is 1.78 bits per heavy atom. The summed E-state index contributed by atoms with van der Waals surface area (Å²) in [5.74, 6) is 1.07. The molecule has 0 atom stereocenters. The van der Waals surface area contributed by atoms with Gasteiger partial charge in [-0.1, -0.05) is 11.6 Å². The second-order valence-corrected chi connectivity index (χ2v) is 5.73. The van der Waals surface area contributed by atoms with Crippen molar-refractivity contribution < 1.29 is 0 Å². The number of hydrogen-bond donors (Lipinski definition) is 0. The molecule has 0 aromatic carbocycles. The van der Waals surface area contributed by atoms with Gasteiger partial charge in [0.1, 0.15) is 5.82 Å². The van der Waals surface area contributed by atoms with E-state index in [1.165, 1.54) is 38.8 Å². The molecule has 18 heavy (non-hydrogen) atoms. The summed E-state index contributed by atoms with van der Waals surface area (Å²) in [5, 5.41) is 0.714. The summed E-state index contributed by atoms with van der Waals surface area (Å²) in [4.78, 5) is 9.46. The van der Waals surface area contributed by atoms with Crippen LogP contribution in [0.1, 0.15) is 25.7 Å². The number of hydrogen-bond acceptors (Lipinski definition) is 3. The summed E-state index contributed by atoms with van der Waals surface area (Å²) in [6, 6.07) is 4.76. The molecule has 0 spiro atoms. The molecule has 0 saturated carbocycles. The van der Waals surface area contributed by atoms with Crippen LogP contribution in [-0.2, 0) is 0 Å². The summed E-state index contributed by atoms with van der Waals surface area (Å²) >= 11 is 5.87. The average molecular weight is 266 g/mol. The van der Waals surface area contributed by atoms with Crippen molar-refractivity contribution in [3.63, 3.8) is 0 Å². The van der Waals surface area contributed by atoms with E-state index in [1.807, 2.05) is 12.1 Å². The second-order valence-electron chi connectivity index (χ2n) is 5.30. The van der Waals surface area contributed by atoms with Gasteiger partial charge >= 0.3 is 0 Å². The van der Waals surface area contributed by atoms with E-state index in [1.54, 1.807) is 6.20 Å². The molecule has 2 aliphatic rings. The lowest BCUT2D eigenvalue weighted by Crippen LogP contribution is -2.44. The van der Waals surface area contributed by atoms with E-state index in [2.05, 4.69) is 14.8 Å². The van der Waals surface area contributed by atoms with E-state index in [0.717, 1.165) is 24.9 Å². The molecule has 0 aliphatic carbocycles. The van der Waals surface area contributed by atoms with E-state index in [-0.39, 0.29) is 0 Å². The molecule has 0 radical (unpaired) electrons. The SMILES string of the molecule is Clc1ccc(N2CCC(N3CCCC3)CC2)nc1. The first-order chi connectivity index (χ1) is 8.83. The van der Waals surface area contributed by atoms with Gasteiger partial charge in [-0.25, -0.2) is 4.98 Å². The van der Waals surface area contributed by atoms with Crippen molar-refractivity contribution in [1.82, 2.24) is 9.88 Å². The van der Waals surface area contributed by atoms with Crippen LogP contribution in [0.3, 0.4) is 0 Å². The highest BCUT2D eigenvalue weighted by Crippen LogP contribution is 2.24. The van der Waals surface area contributed by atoms with Crippen molar-refractivity contribution in [2.75, 3.05) is 31.1 Å². The molecule has 0 N–H and O–H groups in total. The molecule has 0 bridgehead atoms. The summed E-state index contributed by atoms with van der Waals surface area (Å²) in [6.07, 6.45) is 7.05. The highest BCUT2D eigenvalue weighted by molar-refractivity contribution is 6.30. The van der Waals surface area contributed by atoms with Crippen LogP contribution < -0.4 is 4.90 Å². The Bertz CT molecular complexity index is 379. The van der Waals surface area contributed by atoms with E-state index in [9.17, 15) is 0 Å². The molecule has 98 valence electrons. The van der Waals surface area contributed by atoms with E-state index in [0.29, 0.717) is 5.02 Å². The Kier molecular flexibility index (Phi) is 3.71. The number of rotatable bonds is 2. The van der Waals surface area contributed by atoms with Crippen molar-refractivity contribution in [3.05, 3.63) is 23.4 Å². The van der Waals surface area contributed by atoms with Crippen LogP contribution >= 0.6 is 11.6 Å². The summed E-state index contributed by atoms with van der Waals surface area (Å²) in [7, 11) is 0. The lowest BCUT2D eigenvalue weighted by Gasteiger charge is -2.37. The van der Waals surface area contributed by atoms with Crippen LogP contribution in [0.5, 0.6) is 0 Å². The van der Waals surface area contributed by atoms with Gasteiger partial charge in [0.2, 0.25) is 0 Å². The van der Waals surface area contributed by atoms with Gasteiger partial charge < -0.3 is 9.80 Å². The zero-order valence-corrected chi connectivity index (χ0v) is 11.4. The number of nitrogens with zero attached hydrogens (tertiary/aromatic N) is 3. The fraction of sp³-hybridized carbons (Fsp3) is 0.643. The number of aromatic nitrogens is 1. The van der Waals surface area contributed by atoms with Crippen LogP contribution in [0.25, 0.3) is 0 Å². The highest BCUT2D eigenvalue weighted by atomic mass is 35.5. The number of halogens is 1. The smallest absolute Gasteiger partial charge is 0.128 e. The number of likely N-dealkylation sites (tertiary alicyclic amines) is 1. The van der Waals surface area contributed by atoms with Gasteiger partial charge in [0.25, 0.3) is 0 Å². The monoisotopic (exact) mass is 265 g/mol. The molecule has 0 amide bonds. The van der Waals surface area contributed by atoms with Gasteiger partial charge in [0, 0.05) is 25.3 Å². The molecule has 2 aliphatic heterocycles. The maximum Gasteiger partial charge on any atom is 0.128 e. The van der Waals surface area contributed by atoms with E-state index < -0.39 is 0 Å². The number of piperidine rings is 1. The Morgan fingerprint density at radius 1 is 1.06 bits per heavy atom. The van der Waals surface area contributed by atoms with Crippen molar-refractivity contribution >= 4 is 17.4 Å². The quantitative estimate of drug-likeness (QED) is 0.820. The third-order valence-electron chi connectivity index (χ3n) is 4.16. The molecule has 3 rings (SSSR count). The minimum absolute atomic E-state index is 0.714. The minimum Gasteiger partial charge on any atom is -0.357 e. The van der Waals surface area contributed by atoms with Crippen LogP contribution in [-0.4, -0.2) is 42.1 Å². The summed E-state index contributed by atoms with van der Waals surface area (Å²) < 4.78 is 0. The standard InChI is InChI=1S/C14H20ClN3/c15-12-3-4-14(16-11-12)18-9-5-13(6-10-18)17-7-1-2-8-17/h3-4,11,13H,1-2,5-10H2. The van der Waals surface area contributed by atoms with Gasteiger partial charge in [0.15, 0.2) is 0 Å². The van der Waals surface area contributed by atoms with Crippen LogP contribution in [0, 0.1) is 0 Å². The third kappa shape index (κ3) is 2.62. The van der Waals surface area contributed by atoms with E-state index in [4.69, 9.17) is 11.6 Å². The molecule has 1 aromatic heterocycles. The Hall–Kier alpha value is -0.800. The fourth-order valence-corrected chi connectivity index (χ4v) is 3.23.